The topological polar surface area (TPSA) is 60.9 Å². The van der Waals surface area contributed by atoms with Crippen LogP contribution in [0.1, 0.15) is 64.2 Å². The number of rotatable bonds is 2. The van der Waals surface area contributed by atoms with Crippen LogP contribution in [0.15, 0.2) is 0 Å². The van der Waals surface area contributed by atoms with Gasteiger partial charge in [-0.2, -0.15) is 0 Å². The zero-order chi connectivity index (χ0) is 17.2. The molecule has 4 amide bonds. The summed E-state index contributed by atoms with van der Waals surface area (Å²) in [5, 5.41) is 0. The molecule has 1 spiro atoms. The van der Waals surface area contributed by atoms with E-state index in [2.05, 4.69) is 0 Å². The van der Waals surface area contributed by atoms with Crippen molar-refractivity contribution >= 4 is 17.8 Å². The molecule has 0 aromatic carbocycles. The summed E-state index contributed by atoms with van der Waals surface area (Å²) in [6.07, 6.45) is 10.1. The predicted molar refractivity (Wildman–Crippen MR) is 90.4 cm³/mol. The van der Waals surface area contributed by atoms with Crippen molar-refractivity contribution in [1.29, 1.82) is 0 Å². The standard InChI is InChI=1S/C18H29N3O3/c1-19-17(24)21(16(23)18(19)10-6-5-7-11-18)14-15(22)20-12-8-3-2-4-9-13-20/h2-14H2,1H3. The highest BCUT2D eigenvalue weighted by atomic mass is 16.2. The Balaban J connectivity index is 1.68. The van der Waals surface area contributed by atoms with Crippen LogP contribution < -0.4 is 0 Å². The Morgan fingerprint density at radius 3 is 2.08 bits per heavy atom. The molecule has 0 N–H and O–H groups in total. The number of imide groups is 1. The fourth-order valence-electron chi connectivity index (χ4n) is 4.40. The summed E-state index contributed by atoms with van der Waals surface area (Å²) in [7, 11) is 1.71. The van der Waals surface area contributed by atoms with Gasteiger partial charge < -0.3 is 9.80 Å². The number of carbonyl (C=O) groups is 3. The van der Waals surface area contributed by atoms with Crippen molar-refractivity contribution in [2.24, 2.45) is 0 Å². The molecule has 0 aromatic heterocycles. The molecule has 3 rings (SSSR count). The molecule has 6 nitrogen and oxygen atoms in total. The molecule has 2 saturated heterocycles. The second-order valence-electron chi connectivity index (χ2n) is 7.47. The largest absolute Gasteiger partial charge is 0.341 e. The number of urea groups is 1. The third-order valence-corrected chi connectivity index (χ3v) is 5.99. The van der Waals surface area contributed by atoms with Gasteiger partial charge in [0.1, 0.15) is 12.1 Å². The van der Waals surface area contributed by atoms with Crippen LogP contribution >= 0.6 is 0 Å². The van der Waals surface area contributed by atoms with Crippen molar-refractivity contribution in [2.75, 3.05) is 26.7 Å². The van der Waals surface area contributed by atoms with E-state index in [1.54, 1.807) is 11.9 Å². The quantitative estimate of drug-likeness (QED) is 0.728. The molecule has 2 heterocycles. The first-order valence-corrected chi connectivity index (χ1v) is 9.44. The summed E-state index contributed by atoms with van der Waals surface area (Å²) in [5.74, 6) is -0.241. The van der Waals surface area contributed by atoms with Crippen molar-refractivity contribution in [2.45, 2.75) is 69.7 Å². The Bertz CT molecular complexity index is 506. The smallest absolute Gasteiger partial charge is 0.327 e. The van der Waals surface area contributed by atoms with Crippen LogP contribution in [0.2, 0.25) is 0 Å². The maximum absolute atomic E-state index is 12.9. The van der Waals surface area contributed by atoms with Gasteiger partial charge in [-0.1, -0.05) is 38.5 Å². The number of hydrogen-bond acceptors (Lipinski definition) is 3. The van der Waals surface area contributed by atoms with Gasteiger partial charge in [0, 0.05) is 20.1 Å². The highest BCUT2D eigenvalue weighted by Gasteiger charge is 2.55. The molecule has 134 valence electrons. The molecule has 2 aliphatic heterocycles. The van der Waals surface area contributed by atoms with E-state index >= 15 is 0 Å². The first kappa shape index (κ1) is 17.2. The average molecular weight is 335 g/mol. The molecule has 0 bridgehead atoms. The minimum Gasteiger partial charge on any atom is -0.341 e. The van der Waals surface area contributed by atoms with Crippen molar-refractivity contribution in [1.82, 2.24) is 14.7 Å². The Morgan fingerprint density at radius 2 is 1.46 bits per heavy atom. The molecule has 0 atom stereocenters. The molecule has 1 aliphatic carbocycles. The monoisotopic (exact) mass is 335 g/mol. The number of hydrogen-bond donors (Lipinski definition) is 0. The van der Waals surface area contributed by atoms with Crippen LogP contribution in [0.5, 0.6) is 0 Å². The normalized spacial score (nSPS) is 25.1. The second kappa shape index (κ2) is 7.11. The van der Waals surface area contributed by atoms with Crippen molar-refractivity contribution in [3.8, 4) is 0 Å². The number of nitrogens with zero attached hydrogens (tertiary/aromatic N) is 3. The third kappa shape index (κ3) is 3.03. The Morgan fingerprint density at radius 1 is 0.917 bits per heavy atom. The van der Waals surface area contributed by atoms with Crippen LogP contribution in [-0.2, 0) is 9.59 Å². The van der Waals surface area contributed by atoms with Gasteiger partial charge in [-0.3, -0.25) is 14.5 Å². The second-order valence-corrected chi connectivity index (χ2v) is 7.47. The van der Waals surface area contributed by atoms with Gasteiger partial charge in [0.2, 0.25) is 5.91 Å². The van der Waals surface area contributed by atoms with Gasteiger partial charge in [0.15, 0.2) is 0 Å². The van der Waals surface area contributed by atoms with Crippen LogP contribution in [0.25, 0.3) is 0 Å². The lowest BCUT2D eigenvalue weighted by Gasteiger charge is -2.35. The van der Waals surface area contributed by atoms with E-state index in [0.717, 1.165) is 70.9 Å². The van der Waals surface area contributed by atoms with Crippen LogP contribution in [0, 0.1) is 0 Å². The zero-order valence-electron chi connectivity index (χ0n) is 14.8. The number of carbonyl (C=O) groups excluding carboxylic acids is 3. The molecule has 1 saturated carbocycles. The Labute approximate surface area is 144 Å². The molecule has 3 fully saturated rings. The van der Waals surface area contributed by atoms with Crippen LogP contribution in [0.4, 0.5) is 4.79 Å². The van der Waals surface area contributed by atoms with Gasteiger partial charge in [0.05, 0.1) is 0 Å². The molecular formula is C18H29N3O3. The lowest BCUT2D eigenvalue weighted by atomic mass is 9.81. The van der Waals surface area contributed by atoms with Gasteiger partial charge >= 0.3 is 6.03 Å². The van der Waals surface area contributed by atoms with Crippen LogP contribution in [0.3, 0.4) is 0 Å². The summed E-state index contributed by atoms with van der Waals surface area (Å²) in [5.41, 5.74) is -0.689. The molecule has 6 heteroatoms. The van der Waals surface area contributed by atoms with E-state index in [1.807, 2.05) is 4.90 Å². The van der Waals surface area contributed by atoms with E-state index < -0.39 is 5.54 Å². The SMILES string of the molecule is CN1C(=O)N(CC(=O)N2CCCCCCC2)C(=O)C12CCCCC2. The van der Waals surface area contributed by atoms with E-state index in [-0.39, 0.29) is 24.4 Å². The minimum atomic E-state index is -0.689. The first-order chi connectivity index (χ1) is 11.6. The van der Waals surface area contributed by atoms with E-state index in [1.165, 1.54) is 11.3 Å². The molecule has 0 aromatic rings. The highest BCUT2D eigenvalue weighted by Crippen LogP contribution is 2.39. The van der Waals surface area contributed by atoms with E-state index in [0.29, 0.717) is 0 Å². The van der Waals surface area contributed by atoms with E-state index in [9.17, 15) is 14.4 Å². The predicted octanol–water partition coefficient (Wildman–Crippen LogP) is 2.38. The fraction of sp³-hybridized carbons (Fsp3) is 0.833. The van der Waals surface area contributed by atoms with Crippen molar-refractivity contribution in [3.05, 3.63) is 0 Å². The van der Waals surface area contributed by atoms with Crippen molar-refractivity contribution in [3.63, 3.8) is 0 Å². The van der Waals surface area contributed by atoms with Gasteiger partial charge in [-0.15, -0.1) is 0 Å². The van der Waals surface area contributed by atoms with Crippen LogP contribution in [-0.4, -0.2) is 64.8 Å². The molecular weight excluding hydrogens is 306 g/mol. The number of likely N-dealkylation sites (tertiary alicyclic amines) is 1. The number of likely N-dealkylation sites (N-methyl/N-ethyl adjacent to an activating group) is 1. The third-order valence-electron chi connectivity index (χ3n) is 5.99. The summed E-state index contributed by atoms with van der Waals surface area (Å²) in [4.78, 5) is 42.8. The summed E-state index contributed by atoms with van der Waals surface area (Å²) >= 11 is 0. The van der Waals surface area contributed by atoms with Gasteiger partial charge in [-0.05, 0) is 25.7 Å². The summed E-state index contributed by atoms with van der Waals surface area (Å²) in [6, 6.07) is -0.303. The Hall–Kier alpha value is -1.59. The molecule has 0 unspecified atom stereocenters. The maximum Gasteiger partial charge on any atom is 0.327 e. The lowest BCUT2D eigenvalue weighted by molar-refractivity contribution is -0.140. The molecule has 3 aliphatic rings. The van der Waals surface area contributed by atoms with Gasteiger partial charge in [0.25, 0.3) is 5.91 Å². The van der Waals surface area contributed by atoms with Gasteiger partial charge in [-0.25, -0.2) is 4.79 Å². The lowest BCUT2D eigenvalue weighted by Crippen LogP contribution is -2.49. The number of amides is 4. The molecule has 24 heavy (non-hydrogen) atoms. The summed E-state index contributed by atoms with van der Waals surface area (Å²) in [6.45, 7) is 1.40. The average Bonchev–Trinajstić information content (AvgIpc) is 2.72. The maximum atomic E-state index is 12.9. The van der Waals surface area contributed by atoms with Crippen molar-refractivity contribution < 1.29 is 14.4 Å². The first-order valence-electron chi connectivity index (χ1n) is 9.44. The highest BCUT2D eigenvalue weighted by molar-refractivity contribution is 6.08. The zero-order valence-corrected chi connectivity index (χ0v) is 14.8. The minimum absolute atomic E-state index is 0.0835. The van der Waals surface area contributed by atoms with E-state index in [4.69, 9.17) is 0 Å². The molecule has 0 radical (unpaired) electrons. The summed E-state index contributed by atoms with van der Waals surface area (Å²) < 4.78 is 0. The Kier molecular flexibility index (Phi) is 5.11. The fourth-order valence-corrected chi connectivity index (χ4v) is 4.40.